The monoisotopic (exact) mass is 341 g/mol. The van der Waals surface area contributed by atoms with E-state index < -0.39 is 32.5 Å². The summed E-state index contributed by atoms with van der Waals surface area (Å²) < 4.78 is 57.6. The van der Waals surface area contributed by atoms with Crippen molar-refractivity contribution in [3.05, 3.63) is 59.7 Å². The van der Waals surface area contributed by atoms with E-state index in [-0.39, 0.29) is 17.9 Å². The molecule has 0 amide bonds. The third-order valence-corrected chi connectivity index (χ3v) is 4.13. The fourth-order valence-corrected chi connectivity index (χ4v) is 2.91. The van der Waals surface area contributed by atoms with Crippen molar-refractivity contribution < 1.29 is 26.7 Å². The maximum absolute atomic E-state index is 13.2. The third kappa shape index (κ3) is 4.26. The summed E-state index contributed by atoms with van der Waals surface area (Å²) in [5.41, 5.74) is 0.220. The molecule has 0 aliphatic rings. The predicted octanol–water partition coefficient (Wildman–Crippen LogP) is 2.94. The number of esters is 1. The van der Waals surface area contributed by atoms with E-state index in [2.05, 4.69) is 4.72 Å². The summed E-state index contributed by atoms with van der Waals surface area (Å²) in [7, 11) is -4.20. The zero-order chi connectivity index (χ0) is 17.0. The summed E-state index contributed by atoms with van der Waals surface area (Å²) in [6.45, 7) is 1.82. The standard InChI is InChI=1S/C15H13F2NO4S/c1-2-22-15(19)10-4-3-5-13(6-10)18-23(20,21)14-8-11(16)7-12(17)9-14/h3-9,18H,2H2,1H3. The maximum Gasteiger partial charge on any atom is 0.338 e. The average Bonchev–Trinajstić information content (AvgIpc) is 2.46. The fourth-order valence-electron chi connectivity index (χ4n) is 1.82. The molecule has 122 valence electrons. The predicted molar refractivity (Wildman–Crippen MR) is 79.6 cm³/mol. The van der Waals surface area contributed by atoms with E-state index in [1.54, 1.807) is 6.92 Å². The van der Waals surface area contributed by atoms with E-state index in [1.165, 1.54) is 24.3 Å². The summed E-state index contributed by atoms with van der Waals surface area (Å²) in [4.78, 5) is 11.1. The minimum Gasteiger partial charge on any atom is -0.462 e. The first-order chi connectivity index (χ1) is 10.8. The van der Waals surface area contributed by atoms with Crippen molar-refractivity contribution >= 4 is 21.7 Å². The second-order valence-electron chi connectivity index (χ2n) is 4.51. The van der Waals surface area contributed by atoms with Gasteiger partial charge in [-0.3, -0.25) is 4.72 Å². The Hall–Kier alpha value is -2.48. The summed E-state index contributed by atoms with van der Waals surface area (Å²) in [6, 6.07) is 7.54. The molecule has 0 saturated carbocycles. The van der Waals surface area contributed by atoms with Gasteiger partial charge in [-0.2, -0.15) is 0 Å². The molecule has 2 rings (SSSR count). The maximum atomic E-state index is 13.2. The largest absolute Gasteiger partial charge is 0.462 e. The lowest BCUT2D eigenvalue weighted by atomic mass is 10.2. The van der Waals surface area contributed by atoms with Gasteiger partial charge in [0.2, 0.25) is 0 Å². The van der Waals surface area contributed by atoms with Crippen LogP contribution in [-0.4, -0.2) is 21.0 Å². The molecule has 0 bridgehead atoms. The van der Waals surface area contributed by atoms with Crippen LogP contribution in [0.3, 0.4) is 0 Å². The molecule has 0 spiro atoms. The molecular formula is C15H13F2NO4S. The molecule has 5 nitrogen and oxygen atoms in total. The Morgan fingerprint density at radius 3 is 2.39 bits per heavy atom. The van der Waals surface area contributed by atoms with Crippen LogP contribution in [0.15, 0.2) is 47.4 Å². The van der Waals surface area contributed by atoms with Crippen molar-refractivity contribution in [2.45, 2.75) is 11.8 Å². The van der Waals surface area contributed by atoms with Crippen LogP contribution in [0.2, 0.25) is 0 Å². The normalized spacial score (nSPS) is 11.1. The van der Waals surface area contributed by atoms with E-state index in [0.29, 0.717) is 18.2 Å². The number of benzene rings is 2. The first-order valence-corrected chi connectivity index (χ1v) is 8.06. The molecule has 2 aromatic carbocycles. The first kappa shape index (κ1) is 16.9. The Labute approximate surface area is 132 Å². The molecule has 23 heavy (non-hydrogen) atoms. The number of nitrogens with one attached hydrogen (secondary N) is 1. The number of ether oxygens (including phenoxy) is 1. The van der Waals surface area contributed by atoms with Gasteiger partial charge in [-0.05, 0) is 37.3 Å². The van der Waals surface area contributed by atoms with Crippen LogP contribution in [0.25, 0.3) is 0 Å². The van der Waals surface area contributed by atoms with Crippen LogP contribution in [0.1, 0.15) is 17.3 Å². The SMILES string of the molecule is CCOC(=O)c1cccc(NS(=O)(=O)c2cc(F)cc(F)c2)c1. The van der Waals surface area contributed by atoms with Gasteiger partial charge >= 0.3 is 5.97 Å². The minimum absolute atomic E-state index is 0.0697. The Kier molecular flexibility index (Phi) is 4.95. The highest BCUT2D eigenvalue weighted by Crippen LogP contribution is 2.19. The van der Waals surface area contributed by atoms with Gasteiger partial charge in [0.25, 0.3) is 10.0 Å². The Bertz CT molecular complexity index is 817. The lowest BCUT2D eigenvalue weighted by Crippen LogP contribution is -2.14. The second kappa shape index (κ2) is 6.74. The molecule has 0 fully saturated rings. The van der Waals surface area contributed by atoms with Crippen molar-refractivity contribution in [1.29, 1.82) is 0 Å². The summed E-state index contributed by atoms with van der Waals surface area (Å²) in [6.07, 6.45) is 0. The van der Waals surface area contributed by atoms with E-state index >= 15 is 0 Å². The Morgan fingerprint density at radius 1 is 1.13 bits per heavy atom. The lowest BCUT2D eigenvalue weighted by molar-refractivity contribution is 0.0526. The van der Waals surface area contributed by atoms with Gasteiger partial charge < -0.3 is 4.74 Å². The number of rotatable bonds is 5. The van der Waals surface area contributed by atoms with Gasteiger partial charge in [0.1, 0.15) is 11.6 Å². The molecule has 2 aromatic rings. The first-order valence-electron chi connectivity index (χ1n) is 6.58. The van der Waals surface area contributed by atoms with Crippen molar-refractivity contribution in [1.82, 2.24) is 0 Å². The van der Waals surface area contributed by atoms with Gasteiger partial charge in [0, 0.05) is 11.8 Å². The molecule has 0 aliphatic carbocycles. The van der Waals surface area contributed by atoms with E-state index in [9.17, 15) is 22.0 Å². The second-order valence-corrected chi connectivity index (χ2v) is 6.19. The molecule has 0 radical (unpaired) electrons. The van der Waals surface area contributed by atoms with E-state index in [0.717, 1.165) is 0 Å². The Balaban J connectivity index is 2.30. The van der Waals surface area contributed by atoms with E-state index in [1.807, 2.05) is 0 Å². The highest BCUT2D eigenvalue weighted by molar-refractivity contribution is 7.92. The minimum atomic E-state index is -4.20. The highest BCUT2D eigenvalue weighted by atomic mass is 32.2. The fraction of sp³-hybridized carbons (Fsp3) is 0.133. The molecule has 0 aromatic heterocycles. The number of anilines is 1. The molecule has 0 unspecified atom stereocenters. The molecule has 1 N–H and O–H groups in total. The van der Waals surface area contributed by atoms with Crippen molar-refractivity contribution in [2.24, 2.45) is 0 Å². The summed E-state index contributed by atoms with van der Waals surface area (Å²) in [5.74, 6) is -2.62. The zero-order valence-corrected chi connectivity index (χ0v) is 12.9. The van der Waals surface area contributed by atoms with Crippen LogP contribution in [0, 0.1) is 11.6 Å². The van der Waals surface area contributed by atoms with Gasteiger partial charge in [-0.1, -0.05) is 6.07 Å². The number of carbonyl (C=O) groups is 1. The zero-order valence-electron chi connectivity index (χ0n) is 12.0. The molecular weight excluding hydrogens is 328 g/mol. The quantitative estimate of drug-likeness (QED) is 0.849. The van der Waals surface area contributed by atoms with Gasteiger partial charge in [0.05, 0.1) is 17.1 Å². The van der Waals surface area contributed by atoms with Gasteiger partial charge in [-0.25, -0.2) is 22.0 Å². The van der Waals surface area contributed by atoms with Crippen molar-refractivity contribution in [3.8, 4) is 0 Å². The van der Waals surface area contributed by atoms with Crippen molar-refractivity contribution in [2.75, 3.05) is 11.3 Å². The van der Waals surface area contributed by atoms with Crippen LogP contribution in [-0.2, 0) is 14.8 Å². The Morgan fingerprint density at radius 2 is 1.78 bits per heavy atom. The van der Waals surface area contributed by atoms with E-state index in [4.69, 9.17) is 4.74 Å². The van der Waals surface area contributed by atoms with Crippen LogP contribution < -0.4 is 4.72 Å². The summed E-state index contributed by atoms with van der Waals surface area (Å²) >= 11 is 0. The van der Waals surface area contributed by atoms with Crippen molar-refractivity contribution in [3.63, 3.8) is 0 Å². The number of carbonyl (C=O) groups excluding carboxylic acids is 1. The smallest absolute Gasteiger partial charge is 0.338 e. The molecule has 0 heterocycles. The molecule has 0 saturated heterocycles. The van der Waals surface area contributed by atoms with Gasteiger partial charge in [0.15, 0.2) is 0 Å². The summed E-state index contributed by atoms with van der Waals surface area (Å²) in [5, 5.41) is 0. The number of hydrogen-bond donors (Lipinski definition) is 1. The third-order valence-electron chi connectivity index (χ3n) is 2.77. The lowest BCUT2D eigenvalue weighted by Gasteiger charge is -2.09. The molecule has 0 aliphatic heterocycles. The average molecular weight is 341 g/mol. The number of hydrogen-bond acceptors (Lipinski definition) is 4. The van der Waals surface area contributed by atoms with Gasteiger partial charge in [-0.15, -0.1) is 0 Å². The number of sulfonamides is 1. The molecule has 0 atom stereocenters. The highest BCUT2D eigenvalue weighted by Gasteiger charge is 2.17. The topological polar surface area (TPSA) is 72.5 Å². The van der Waals surface area contributed by atoms with Crippen LogP contribution >= 0.6 is 0 Å². The molecule has 8 heteroatoms. The van der Waals surface area contributed by atoms with Crippen LogP contribution in [0.5, 0.6) is 0 Å². The number of halogens is 2. The van der Waals surface area contributed by atoms with Crippen LogP contribution in [0.4, 0.5) is 14.5 Å².